The molecule has 0 spiro atoms. The zero-order valence-corrected chi connectivity index (χ0v) is 14.9. The van der Waals surface area contributed by atoms with Crippen LogP contribution in [0, 0.1) is 0 Å². The summed E-state index contributed by atoms with van der Waals surface area (Å²) < 4.78 is 26.7. The van der Waals surface area contributed by atoms with Gasteiger partial charge in [-0.3, -0.25) is 9.05 Å². The van der Waals surface area contributed by atoms with Gasteiger partial charge >= 0.3 is 7.82 Å². The van der Waals surface area contributed by atoms with E-state index in [1.807, 2.05) is 54.6 Å². The number of rotatable bonds is 8. The van der Waals surface area contributed by atoms with E-state index >= 15 is 0 Å². The SMILES string of the molecule is CO[P@](=O)(ON)OC(Cc1ccc(-c2ccccc2)cc1)c1nn[nH]n1. The fourth-order valence-corrected chi connectivity index (χ4v) is 3.13. The number of phosphoric ester groups is 1. The smallest absolute Gasteiger partial charge is 0.289 e. The van der Waals surface area contributed by atoms with Gasteiger partial charge < -0.3 is 0 Å². The third-order valence-corrected chi connectivity index (χ3v) is 4.96. The van der Waals surface area contributed by atoms with Crippen molar-refractivity contribution in [1.29, 1.82) is 0 Å². The maximum Gasteiger partial charge on any atom is 0.491 e. The topological polar surface area (TPSA) is 125 Å². The molecule has 0 amide bonds. The number of aromatic nitrogens is 4. The molecule has 136 valence electrons. The minimum absolute atomic E-state index is 0.214. The second-order valence-corrected chi connectivity index (χ2v) is 7.05. The first-order valence-corrected chi connectivity index (χ1v) is 9.20. The average molecular weight is 375 g/mol. The Kier molecular flexibility index (Phi) is 5.87. The van der Waals surface area contributed by atoms with Crippen molar-refractivity contribution in [3.63, 3.8) is 0 Å². The molecular formula is C16H18N5O4P. The van der Waals surface area contributed by atoms with E-state index in [1.165, 1.54) is 7.11 Å². The molecule has 9 nitrogen and oxygen atoms in total. The molecule has 0 saturated carbocycles. The van der Waals surface area contributed by atoms with Gasteiger partial charge in [-0.15, -0.1) is 10.2 Å². The first-order valence-electron chi connectivity index (χ1n) is 7.74. The summed E-state index contributed by atoms with van der Waals surface area (Å²) in [5, 5.41) is 13.6. The number of H-pyrrole nitrogens is 1. The van der Waals surface area contributed by atoms with Crippen LogP contribution in [0.1, 0.15) is 17.5 Å². The maximum absolute atomic E-state index is 12.2. The molecule has 3 rings (SSSR count). The second-order valence-electron chi connectivity index (χ2n) is 5.37. The van der Waals surface area contributed by atoms with Crippen molar-refractivity contribution in [2.24, 2.45) is 5.90 Å². The van der Waals surface area contributed by atoms with Gasteiger partial charge in [0, 0.05) is 13.5 Å². The summed E-state index contributed by atoms with van der Waals surface area (Å²) in [7, 11) is -2.74. The molecule has 0 radical (unpaired) electrons. The number of hydrogen-bond donors (Lipinski definition) is 2. The Morgan fingerprint density at radius 1 is 1.12 bits per heavy atom. The van der Waals surface area contributed by atoms with Crippen molar-refractivity contribution >= 4 is 7.82 Å². The molecule has 1 unspecified atom stereocenters. The van der Waals surface area contributed by atoms with E-state index < -0.39 is 13.9 Å². The predicted molar refractivity (Wildman–Crippen MR) is 93.5 cm³/mol. The molecule has 0 aliphatic carbocycles. The number of nitrogens with one attached hydrogen (secondary N) is 1. The molecule has 26 heavy (non-hydrogen) atoms. The van der Waals surface area contributed by atoms with Gasteiger partial charge in [0.25, 0.3) is 0 Å². The molecule has 1 heterocycles. The monoisotopic (exact) mass is 375 g/mol. The Hall–Kier alpha value is -2.42. The Morgan fingerprint density at radius 3 is 2.38 bits per heavy atom. The number of aromatic amines is 1. The Labute approximate surface area is 150 Å². The van der Waals surface area contributed by atoms with E-state index in [2.05, 4.69) is 25.2 Å². The number of hydrogen-bond acceptors (Lipinski definition) is 8. The molecule has 0 saturated heterocycles. The highest BCUT2D eigenvalue weighted by Crippen LogP contribution is 2.50. The summed E-state index contributed by atoms with van der Waals surface area (Å²) in [5.41, 5.74) is 3.11. The standard InChI is InChI=1S/C16H18N5O4P/c1-23-26(22,25-17)24-15(16-18-20-21-19-16)11-12-7-9-14(10-8-12)13-5-3-2-4-6-13/h2-10,15H,11,17H2,1H3,(H,18,19,20,21)/t15?,26-/m0/s1. The van der Waals surface area contributed by atoms with Gasteiger partial charge in [0.1, 0.15) is 6.10 Å². The van der Waals surface area contributed by atoms with Gasteiger partial charge in [0.05, 0.1) is 0 Å². The lowest BCUT2D eigenvalue weighted by Crippen LogP contribution is -2.12. The van der Waals surface area contributed by atoms with Crippen LogP contribution in [-0.4, -0.2) is 27.7 Å². The van der Waals surface area contributed by atoms with Crippen molar-refractivity contribution in [3.8, 4) is 11.1 Å². The quantitative estimate of drug-likeness (QED) is 0.455. The predicted octanol–water partition coefficient (Wildman–Crippen LogP) is 2.81. The normalized spacial score (nSPS) is 14.7. The third-order valence-electron chi connectivity index (χ3n) is 3.74. The first kappa shape index (κ1) is 18.4. The minimum Gasteiger partial charge on any atom is -0.289 e. The number of nitrogens with two attached hydrogens (primary N) is 1. The summed E-state index contributed by atoms with van der Waals surface area (Å²) in [6.45, 7) is 0. The van der Waals surface area contributed by atoms with Gasteiger partial charge in [-0.2, -0.15) is 5.21 Å². The third kappa shape index (κ3) is 4.40. The highest BCUT2D eigenvalue weighted by atomic mass is 31.2. The number of phosphoric acid groups is 1. The van der Waals surface area contributed by atoms with Crippen molar-refractivity contribution in [3.05, 3.63) is 66.0 Å². The first-order chi connectivity index (χ1) is 12.6. The van der Waals surface area contributed by atoms with Crippen molar-refractivity contribution in [1.82, 2.24) is 20.6 Å². The fourth-order valence-electron chi connectivity index (χ4n) is 2.43. The van der Waals surface area contributed by atoms with E-state index in [-0.39, 0.29) is 5.82 Å². The van der Waals surface area contributed by atoms with Crippen molar-refractivity contribution < 1.29 is 18.2 Å². The molecule has 3 N–H and O–H groups in total. The van der Waals surface area contributed by atoms with Gasteiger partial charge in [-0.05, 0) is 16.7 Å². The Balaban J connectivity index is 1.80. The largest absolute Gasteiger partial charge is 0.491 e. The van der Waals surface area contributed by atoms with Crippen molar-refractivity contribution in [2.75, 3.05) is 7.11 Å². The summed E-state index contributed by atoms with van der Waals surface area (Å²) in [5.74, 6) is 5.23. The lowest BCUT2D eigenvalue weighted by Gasteiger charge is -2.19. The molecule has 0 bridgehead atoms. The summed E-state index contributed by atoms with van der Waals surface area (Å²) in [6, 6.07) is 17.9. The van der Waals surface area contributed by atoms with E-state index in [0.717, 1.165) is 16.7 Å². The van der Waals surface area contributed by atoms with E-state index in [0.29, 0.717) is 6.42 Å². The van der Waals surface area contributed by atoms with Gasteiger partial charge in [-0.1, -0.05) is 59.8 Å². The van der Waals surface area contributed by atoms with Crippen LogP contribution in [0.3, 0.4) is 0 Å². The molecule has 3 aromatic rings. The van der Waals surface area contributed by atoms with Crippen molar-refractivity contribution in [2.45, 2.75) is 12.5 Å². The van der Waals surface area contributed by atoms with Crippen LogP contribution in [-0.2, 0) is 24.7 Å². The molecular weight excluding hydrogens is 357 g/mol. The lowest BCUT2D eigenvalue weighted by molar-refractivity contribution is 0.0868. The summed E-state index contributed by atoms with van der Waals surface area (Å²) in [6.07, 6.45) is -0.489. The molecule has 2 atom stereocenters. The number of nitrogens with zero attached hydrogens (tertiary/aromatic N) is 3. The highest BCUT2D eigenvalue weighted by Gasteiger charge is 2.32. The summed E-state index contributed by atoms with van der Waals surface area (Å²) in [4.78, 5) is 0. The molecule has 10 heteroatoms. The fraction of sp³-hybridized carbons (Fsp3) is 0.188. The van der Waals surface area contributed by atoms with Gasteiger partial charge in [-0.25, -0.2) is 15.1 Å². The number of tetrazole rings is 1. The number of benzene rings is 2. The van der Waals surface area contributed by atoms with Gasteiger partial charge in [0.2, 0.25) is 5.82 Å². The van der Waals surface area contributed by atoms with Crippen LogP contribution in [0.2, 0.25) is 0 Å². The van der Waals surface area contributed by atoms with Crippen LogP contribution < -0.4 is 5.90 Å². The Morgan fingerprint density at radius 2 is 1.81 bits per heavy atom. The lowest BCUT2D eigenvalue weighted by atomic mass is 10.0. The maximum atomic E-state index is 12.2. The molecule has 0 aliphatic heterocycles. The Bertz CT molecular complexity index is 850. The molecule has 0 aliphatic rings. The highest BCUT2D eigenvalue weighted by molar-refractivity contribution is 7.48. The van der Waals surface area contributed by atoms with Crippen LogP contribution in [0.15, 0.2) is 54.6 Å². The van der Waals surface area contributed by atoms with Crippen LogP contribution in [0.4, 0.5) is 0 Å². The zero-order valence-electron chi connectivity index (χ0n) is 14.0. The zero-order chi connectivity index (χ0) is 18.4. The van der Waals surface area contributed by atoms with Gasteiger partial charge in [0.15, 0.2) is 0 Å². The van der Waals surface area contributed by atoms with Crippen LogP contribution >= 0.6 is 7.82 Å². The molecule has 2 aromatic carbocycles. The average Bonchev–Trinajstić information content (AvgIpc) is 3.23. The van der Waals surface area contributed by atoms with Crippen LogP contribution in [0.25, 0.3) is 11.1 Å². The molecule has 0 fully saturated rings. The minimum atomic E-state index is -3.92. The van der Waals surface area contributed by atoms with E-state index in [1.54, 1.807) is 0 Å². The van der Waals surface area contributed by atoms with E-state index in [4.69, 9.17) is 14.9 Å². The van der Waals surface area contributed by atoms with Crippen LogP contribution in [0.5, 0.6) is 0 Å². The van der Waals surface area contributed by atoms with E-state index in [9.17, 15) is 4.57 Å². The summed E-state index contributed by atoms with van der Waals surface area (Å²) >= 11 is 0. The second kappa shape index (κ2) is 8.31. The molecule has 1 aromatic heterocycles.